The van der Waals surface area contributed by atoms with Gasteiger partial charge in [0.15, 0.2) is 0 Å². The molecule has 0 aliphatic heterocycles. The first-order chi connectivity index (χ1) is 11.3. The Balaban J connectivity index is 2.05. The minimum absolute atomic E-state index is 0.153. The first-order valence-corrected chi connectivity index (χ1v) is 8.06. The van der Waals surface area contributed by atoms with Crippen molar-refractivity contribution in [2.75, 3.05) is 5.32 Å². The molecular weight excluding hydrogens is 328 g/mol. The molecule has 0 spiro atoms. The van der Waals surface area contributed by atoms with E-state index in [1.807, 2.05) is 31.2 Å². The molecule has 1 atom stereocenters. The second-order valence-electron chi connectivity index (χ2n) is 5.81. The Morgan fingerprint density at radius 3 is 2.58 bits per heavy atom. The zero-order chi connectivity index (χ0) is 17.7. The van der Waals surface area contributed by atoms with Gasteiger partial charge in [-0.1, -0.05) is 23.7 Å². The van der Waals surface area contributed by atoms with E-state index >= 15 is 0 Å². The number of aryl methyl sites for hydroxylation is 1. The number of aromatic nitrogens is 2. The molecule has 1 aromatic carbocycles. The molecule has 2 N–H and O–H groups in total. The van der Waals surface area contributed by atoms with Crippen LogP contribution in [0.4, 0.5) is 5.82 Å². The van der Waals surface area contributed by atoms with E-state index in [0.717, 1.165) is 11.1 Å². The highest BCUT2D eigenvalue weighted by atomic mass is 35.5. The van der Waals surface area contributed by atoms with Crippen LogP contribution in [0.3, 0.4) is 0 Å². The van der Waals surface area contributed by atoms with Gasteiger partial charge in [0, 0.05) is 30.0 Å². The molecule has 0 aliphatic rings. The summed E-state index contributed by atoms with van der Waals surface area (Å²) in [7, 11) is 0. The van der Waals surface area contributed by atoms with Gasteiger partial charge in [0.05, 0.1) is 12.7 Å². The number of halogens is 1. The lowest BCUT2D eigenvalue weighted by Crippen LogP contribution is -2.34. The minimum atomic E-state index is -0.226. The molecule has 6 nitrogen and oxygen atoms in total. The van der Waals surface area contributed by atoms with Crippen LogP contribution in [-0.2, 0) is 16.1 Å². The van der Waals surface area contributed by atoms with Crippen LogP contribution in [0.15, 0.2) is 30.5 Å². The van der Waals surface area contributed by atoms with Crippen molar-refractivity contribution in [1.82, 2.24) is 15.1 Å². The molecule has 0 bridgehead atoms. The predicted molar refractivity (Wildman–Crippen MR) is 94.0 cm³/mol. The van der Waals surface area contributed by atoms with Crippen molar-refractivity contribution in [2.45, 2.75) is 39.8 Å². The monoisotopic (exact) mass is 348 g/mol. The molecule has 1 unspecified atom stereocenters. The van der Waals surface area contributed by atoms with Crippen LogP contribution in [0.2, 0.25) is 5.02 Å². The molecule has 0 saturated heterocycles. The number of amides is 2. The van der Waals surface area contributed by atoms with E-state index in [0.29, 0.717) is 17.4 Å². The van der Waals surface area contributed by atoms with Crippen LogP contribution in [-0.4, -0.2) is 27.6 Å². The third kappa shape index (κ3) is 5.09. The zero-order valence-corrected chi connectivity index (χ0v) is 14.7. The largest absolute Gasteiger partial charge is 0.353 e. The molecule has 0 aliphatic carbocycles. The summed E-state index contributed by atoms with van der Waals surface area (Å²) in [6.45, 7) is 5.64. The molecule has 0 saturated carbocycles. The molecule has 1 aromatic heterocycles. The minimum Gasteiger partial charge on any atom is -0.353 e. The fourth-order valence-electron chi connectivity index (χ4n) is 2.38. The number of anilines is 1. The van der Waals surface area contributed by atoms with Gasteiger partial charge in [0.1, 0.15) is 5.82 Å². The number of carbonyl (C=O) groups is 2. The van der Waals surface area contributed by atoms with Crippen molar-refractivity contribution in [2.24, 2.45) is 0 Å². The van der Waals surface area contributed by atoms with Gasteiger partial charge in [0.2, 0.25) is 11.8 Å². The molecule has 0 fully saturated rings. The molecular formula is C17H21ClN4O2. The molecule has 1 heterocycles. The Bertz CT molecular complexity index is 725. The van der Waals surface area contributed by atoms with Crippen molar-refractivity contribution >= 4 is 29.2 Å². The van der Waals surface area contributed by atoms with Gasteiger partial charge < -0.3 is 10.6 Å². The van der Waals surface area contributed by atoms with Crippen molar-refractivity contribution in [1.29, 1.82) is 0 Å². The van der Waals surface area contributed by atoms with Crippen LogP contribution >= 0.6 is 11.6 Å². The van der Waals surface area contributed by atoms with Gasteiger partial charge in [-0.05, 0) is 31.5 Å². The normalized spacial score (nSPS) is 11.8. The van der Waals surface area contributed by atoms with Gasteiger partial charge in [-0.15, -0.1) is 0 Å². The summed E-state index contributed by atoms with van der Waals surface area (Å²) in [6.07, 6.45) is 1.91. The average Bonchev–Trinajstić information content (AvgIpc) is 2.81. The Morgan fingerprint density at radius 2 is 1.96 bits per heavy atom. The quantitative estimate of drug-likeness (QED) is 0.842. The Morgan fingerprint density at radius 1 is 1.29 bits per heavy atom. The van der Waals surface area contributed by atoms with E-state index in [1.54, 1.807) is 17.8 Å². The van der Waals surface area contributed by atoms with E-state index in [-0.39, 0.29) is 24.3 Å². The number of nitrogens with zero attached hydrogens (tertiary/aromatic N) is 2. The molecule has 24 heavy (non-hydrogen) atoms. The second-order valence-corrected chi connectivity index (χ2v) is 6.25. The molecule has 128 valence electrons. The van der Waals surface area contributed by atoms with Crippen LogP contribution < -0.4 is 10.6 Å². The van der Waals surface area contributed by atoms with Crippen LogP contribution in [0.5, 0.6) is 0 Å². The van der Waals surface area contributed by atoms with Gasteiger partial charge >= 0.3 is 0 Å². The molecule has 2 aromatic rings. The summed E-state index contributed by atoms with van der Waals surface area (Å²) in [6, 6.07) is 7.25. The Hall–Kier alpha value is -2.34. The van der Waals surface area contributed by atoms with E-state index in [1.165, 1.54) is 6.92 Å². The Labute approximate surface area is 146 Å². The maximum absolute atomic E-state index is 12.2. The highest BCUT2D eigenvalue weighted by Crippen LogP contribution is 2.17. The zero-order valence-electron chi connectivity index (χ0n) is 14.0. The van der Waals surface area contributed by atoms with Crippen LogP contribution in [0, 0.1) is 6.92 Å². The van der Waals surface area contributed by atoms with Crippen LogP contribution in [0.25, 0.3) is 0 Å². The number of nitrogens with one attached hydrogen (secondary N) is 2. The summed E-state index contributed by atoms with van der Waals surface area (Å²) in [5.41, 5.74) is 1.91. The fourth-order valence-corrected chi connectivity index (χ4v) is 2.51. The highest BCUT2D eigenvalue weighted by Gasteiger charge is 2.14. The number of benzene rings is 1. The maximum Gasteiger partial charge on any atom is 0.227 e. The lowest BCUT2D eigenvalue weighted by Gasteiger charge is -2.14. The topological polar surface area (TPSA) is 76.0 Å². The lowest BCUT2D eigenvalue weighted by molar-refractivity contribution is -0.120. The molecule has 2 amide bonds. The van der Waals surface area contributed by atoms with Gasteiger partial charge in [0.25, 0.3) is 0 Å². The van der Waals surface area contributed by atoms with Gasteiger partial charge in [-0.2, -0.15) is 5.10 Å². The average molecular weight is 349 g/mol. The van der Waals surface area contributed by atoms with Gasteiger partial charge in [-0.25, -0.2) is 4.68 Å². The third-order valence-corrected chi connectivity index (χ3v) is 3.72. The number of carbonyl (C=O) groups excluding carboxylic acids is 2. The predicted octanol–water partition coefficient (Wildman–Crippen LogP) is 2.75. The van der Waals surface area contributed by atoms with E-state index < -0.39 is 0 Å². The van der Waals surface area contributed by atoms with E-state index in [9.17, 15) is 9.59 Å². The van der Waals surface area contributed by atoms with Crippen molar-refractivity contribution in [3.8, 4) is 0 Å². The number of rotatable bonds is 6. The fraction of sp³-hybridized carbons (Fsp3) is 0.353. The van der Waals surface area contributed by atoms with Crippen molar-refractivity contribution < 1.29 is 9.59 Å². The summed E-state index contributed by atoms with van der Waals surface area (Å²) >= 11 is 5.89. The molecule has 7 heteroatoms. The lowest BCUT2D eigenvalue weighted by atomic mass is 10.2. The van der Waals surface area contributed by atoms with Crippen LogP contribution in [0.1, 0.15) is 31.4 Å². The number of hydrogen-bond donors (Lipinski definition) is 2. The summed E-state index contributed by atoms with van der Waals surface area (Å²) < 4.78 is 1.74. The first kappa shape index (κ1) is 18.0. The number of hydrogen-bond acceptors (Lipinski definition) is 3. The standard InChI is InChI=1S/C17H21ClN4O2/c1-11-9-19-22(10-14-4-6-15(18)7-5-14)17(11)21-16(24)8-12(2)20-13(3)23/h4-7,9,12H,8,10H2,1-3H3,(H,20,23)(H,21,24). The summed E-state index contributed by atoms with van der Waals surface area (Å²) in [5.74, 6) is 0.335. The summed E-state index contributed by atoms with van der Waals surface area (Å²) in [4.78, 5) is 23.2. The third-order valence-electron chi connectivity index (χ3n) is 3.47. The van der Waals surface area contributed by atoms with Crippen molar-refractivity contribution in [3.05, 3.63) is 46.6 Å². The van der Waals surface area contributed by atoms with E-state index in [4.69, 9.17) is 11.6 Å². The first-order valence-electron chi connectivity index (χ1n) is 7.69. The summed E-state index contributed by atoms with van der Waals surface area (Å²) in [5, 5.41) is 10.6. The Kier molecular flexibility index (Phi) is 5.98. The van der Waals surface area contributed by atoms with E-state index in [2.05, 4.69) is 15.7 Å². The molecule has 0 radical (unpaired) electrons. The SMILES string of the molecule is CC(=O)NC(C)CC(=O)Nc1c(C)cnn1Cc1ccc(Cl)cc1. The molecule has 2 rings (SSSR count). The second kappa shape index (κ2) is 7.97. The van der Waals surface area contributed by atoms with Crippen molar-refractivity contribution in [3.63, 3.8) is 0 Å². The highest BCUT2D eigenvalue weighted by molar-refractivity contribution is 6.30. The maximum atomic E-state index is 12.2. The van der Waals surface area contributed by atoms with Gasteiger partial charge in [-0.3, -0.25) is 9.59 Å². The smallest absolute Gasteiger partial charge is 0.227 e.